The number of carbonyl (C=O) groups excluding carboxylic acids is 2. The lowest BCUT2D eigenvalue weighted by atomic mass is 9.95. The van der Waals surface area contributed by atoms with Gasteiger partial charge in [-0.05, 0) is 30.2 Å². The Morgan fingerprint density at radius 2 is 1.67 bits per heavy atom. The molecule has 1 amide bonds. The minimum Gasteiger partial charge on any atom is -0.464 e. The zero-order chi connectivity index (χ0) is 19.4. The lowest BCUT2D eigenvalue weighted by molar-refractivity contribution is -0.150. The van der Waals surface area contributed by atoms with Crippen molar-refractivity contribution in [1.29, 1.82) is 0 Å². The summed E-state index contributed by atoms with van der Waals surface area (Å²) in [6, 6.07) is 15.4. The van der Waals surface area contributed by atoms with Crippen LogP contribution in [0.2, 0.25) is 0 Å². The number of hydrogen-bond donors (Lipinski definition) is 1. The van der Waals surface area contributed by atoms with Crippen molar-refractivity contribution >= 4 is 23.6 Å². The fourth-order valence-corrected chi connectivity index (χ4v) is 4.42. The van der Waals surface area contributed by atoms with E-state index in [9.17, 15) is 9.59 Å². The van der Waals surface area contributed by atoms with Crippen molar-refractivity contribution in [3.63, 3.8) is 0 Å². The monoisotopic (exact) mass is 383 g/mol. The average Bonchev–Trinajstić information content (AvgIpc) is 3.01. The van der Waals surface area contributed by atoms with Crippen LogP contribution in [0.5, 0.6) is 0 Å². The summed E-state index contributed by atoms with van der Waals surface area (Å²) in [6.45, 7) is 6.25. The molecule has 1 aliphatic carbocycles. The molecule has 0 saturated carbocycles. The fraction of sp³-hybridized carbons (Fsp3) is 0.364. The second-order valence-electron chi connectivity index (χ2n) is 7.04. The molecule has 3 rings (SSSR count). The summed E-state index contributed by atoms with van der Waals surface area (Å²) in [5, 5.41) is 3.38. The molecular weight excluding hydrogens is 358 g/mol. The van der Waals surface area contributed by atoms with Crippen molar-refractivity contribution < 1.29 is 14.3 Å². The number of amides is 1. The molecule has 0 radical (unpaired) electrons. The summed E-state index contributed by atoms with van der Waals surface area (Å²) < 4.78 is 5.33. The second kappa shape index (κ2) is 8.17. The highest BCUT2D eigenvalue weighted by molar-refractivity contribution is 8.00. The highest BCUT2D eigenvalue weighted by Crippen LogP contribution is 2.33. The Kier molecular flexibility index (Phi) is 5.90. The number of nitrogens with one attached hydrogen (secondary N) is 1. The lowest BCUT2D eigenvalue weighted by Gasteiger charge is -2.28. The maximum absolute atomic E-state index is 13.1. The van der Waals surface area contributed by atoms with Gasteiger partial charge in [0.2, 0.25) is 0 Å². The summed E-state index contributed by atoms with van der Waals surface area (Å²) in [5.41, 5.74) is 1.70. The van der Waals surface area contributed by atoms with Gasteiger partial charge < -0.3 is 10.1 Å². The standard InChI is InChI=1S/C22H25NO3S/c1-4-26-21(25)22(13-16-9-5-6-10-17(16)14-22)23-20(24)18-11-7-8-12-19(18)27-15(2)3/h5-12,15H,4,13-14H2,1-3H3,(H,23,24). The molecule has 142 valence electrons. The molecule has 1 N–H and O–H groups in total. The quantitative estimate of drug-likeness (QED) is 0.605. The molecule has 2 aromatic rings. The van der Waals surface area contributed by atoms with Gasteiger partial charge in [0.15, 0.2) is 0 Å². The van der Waals surface area contributed by atoms with Crippen LogP contribution in [0.3, 0.4) is 0 Å². The van der Waals surface area contributed by atoms with E-state index in [-0.39, 0.29) is 18.5 Å². The summed E-state index contributed by atoms with van der Waals surface area (Å²) in [5.74, 6) is -0.608. The van der Waals surface area contributed by atoms with Gasteiger partial charge in [0, 0.05) is 23.0 Å². The van der Waals surface area contributed by atoms with Gasteiger partial charge in [-0.3, -0.25) is 4.79 Å². The van der Waals surface area contributed by atoms with Gasteiger partial charge in [-0.1, -0.05) is 50.2 Å². The Morgan fingerprint density at radius 3 is 2.26 bits per heavy atom. The first-order chi connectivity index (χ1) is 12.9. The fourth-order valence-electron chi connectivity index (χ4n) is 3.46. The minimum atomic E-state index is -1.05. The molecule has 0 aliphatic heterocycles. The number of fused-ring (bicyclic) bond motifs is 1. The maximum atomic E-state index is 13.1. The van der Waals surface area contributed by atoms with Gasteiger partial charge >= 0.3 is 5.97 Å². The van der Waals surface area contributed by atoms with Crippen LogP contribution >= 0.6 is 11.8 Å². The number of hydrogen-bond acceptors (Lipinski definition) is 4. The zero-order valence-corrected chi connectivity index (χ0v) is 16.8. The number of esters is 1. The molecule has 0 unspecified atom stereocenters. The molecule has 5 heteroatoms. The van der Waals surface area contributed by atoms with Gasteiger partial charge in [0.1, 0.15) is 5.54 Å². The zero-order valence-electron chi connectivity index (χ0n) is 16.0. The van der Waals surface area contributed by atoms with E-state index in [0.717, 1.165) is 16.0 Å². The van der Waals surface area contributed by atoms with Crippen LogP contribution in [0.25, 0.3) is 0 Å². The topological polar surface area (TPSA) is 55.4 Å². The lowest BCUT2D eigenvalue weighted by Crippen LogP contribution is -2.56. The predicted molar refractivity (Wildman–Crippen MR) is 108 cm³/mol. The maximum Gasteiger partial charge on any atom is 0.332 e. The normalized spacial score (nSPS) is 14.7. The van der Waals surface area contributed by atoms with E-state index < -0.39 is 5.54 Å². The molecule has 27 heavy (non-hydrogen) atoms. The summed E-state index contributed by atoms with van der Waals surface area (Å²) in [4.78, 5) is 26.9. The Balaban J connectivity index is 1.90. The third kappa shape index (κ3) is 4.19. The van der Waals surface area contributed by atoms with E-state index in [2.05, 4.69) is 19.2 Å². The number of thioether (sulfide) groups is 1. The van der Waals surface area contributed by atoms with Crippen molar-refractivity contribution in [2.45, 2.75) is 49.3 Å². The highest BCUT2D eigenvalue weighted by Gasteiger charge is 2.46. The Bertz CT molecular complexity index is 822. The number of benzene rings is 2. The molecule has 4 nitrogen and oxygen atoms in total. The van der Waals surface area contributed by atoms with Gasteiger partial charge in [0.25, 0.3) is 5.91 Å². The van der Waals surface area contributed by atoms with Crippen molar-refractivity contribution in [2.24, 2.45) is 0 Å². The van der Waals surface area contributed by atoms with Crippen LogP contribution in [-0.2, 0) is 22.4 Å². The van der Waals surface area contributed by atoms with Crippen LogP contribution in [-0.4, -0.2) is 29.3 Å². The summed E-state index contributed by atoms with van der Waals surface area (Å²) >= 11 is 1.64. The Labute approximate surface area is 164 Å². The largest absolute Gasteiger partial charge is 0.464 e. The first-order valence-corrected chi connectivity index (χ1v) is 10.2. The van der Waals surface area contributed by atoms with Gasteiger partial charge in [-0.2, -0.15) is 0 Å². The molecule has 0 heterocycles. The number of carbonyl (C=O) groups is 2. The first kappa shape index (κ1) is 19.5. The van der Waals surface area contributed by atoms with Gasteiger partial charge in [-0.15, -0.1) is 11.8 Å². The van der Waals surface area contributed by atoms with E-state index in [1.807, 2.05) is 42.5 Å². The molecule has 2 aromatic carbocycles. The van der Waals surface area contributed by atoms with Crippen molar-refractivity contribution in [1.82, 2.24) is 5.32 Å². The van der Waals surface area contributed by atoms with Crippen LogP contribution < -0.4 is 5.32 Å². The molecule has 0 spiro atoms. The third-order valence-electron chi connectivity index (χ3n) is 4.62. The van der Waals surface area contributed by atoms with Gasteiger partial charge in [0.05, 0.1) is 12.2 Å². The average molecular weight is 384 g/mol. The highest BCUT2D eigenvalue weighted by atomic mass is 32.2. The Morgan fingerprint density at radius 1 is 1.07 bits per heavy atom. The molecule has 0 bridgehead atoms. The van der Waals surface area contributed by atoms with Crippen molar-refractivity contribution in [2.75, 3.05) is 6.61 Å². The first-order valence-electron chi connectivity index (χ1n) is 9.27. The number of rotatable bonds is 6. The SMILES string of the molecule is CCOC(=O)C1(NC(=O)c2ccccc2SC(C)C)Cc2ccccc2C1. The third-order valence-corrected chi connectivity index (χ3v) is 5.70. The van der Waals surface area contributed by atoms with E-state index in [1.54, 1.807) is 24.8 Å². The molecule has 0 saturated heterocycles. The van der Waals surface area contributed by atoms with E-state index in [0.29, 0.717) is 23.7 Å². The Hall–Kier alpha value is -2.27. The van der Waals surface area contributed by atoms with Crippen LogP contribution in [0, 0.1) is 0 Å². The predicted octanol–water partition coefficient (Wildman–Crippen LogP) is 4.02. The molecule has 0 fully saturated rings. The second-order valence-corrected chi connectivity index (χ2v) is 8.66. The summed E-state index contributed by atoms with van der Waals surface area (Å²) in [7, 11) is 0. The van der Waals surface area contributed by atoms with E-state index in [4.69, 9.17) is 4.74 Å². The van der Waals surface area contributed by atoms with Gasteiger partial charge in [-0.25, -0.2) is 4.79 Å². The molecule has 0 atom stereocenters. The van der Waals surface area contributed by atoms with Crippen molar-refractivity contribution in [3.05, 3.63) is 65.2 Å². The van der Waals surface area contributed by atoms with Crippen LogP contribution in [0.15, 0.2) is 53.4 Å². The van der Waals surface area contributed by atoms with Crippen molar-refractivity contribution in [3.8, 4) is 0 Å². The van der Waals surface area contributed by atoms with E-state index >= 15 is 0 Å². The molecule has 1 aliphatic rings. The van der Waals surface area contributed by atoms with E-state index in [1.165, 1.54) is 0 Å². The summed E-state index contributed by atoms with van der Waals surface area (Å²) in [6.07, 6.45) is 0.903. The molecular formula is C22H25NO3S. The van der Waals surface area contributed by atoms with Crippen LogP contribution in [0.4, 0.5) is 0 Å². The smallest absolute Gasteiger partial charge is 0.332 e. The van der Waals surface area contributed by atoms with Crippen LogP contribution in [0.1, 0.15) is 42.3 Å². The molecule has 0 aromatic heterocycles. The number of ether oxygens (including phenoxy) is 1. The minimum absolute atomic E-state index is 0.236.